The zero-order valence-corrected chi connectivity index (χ0v) is 18.7. The predicted molar refractivity (Wildman–Crippen MR) is 105 cm³/mol. The van der Waals surface area contributed by atoms with Gasteiger partial charge in [-0.2, -0.15) is 9.57 Å². The minimum atomic E-state index is -4.15. The number of hydrogen-bond donors (Lipinski definition) is 0. The van der Waals surface area contributed by atoms with E-state index < -0.39 is 37.6 Å². The summed E-state index contributed by atoms with van der Waals surface area (Å²) in [5, 5.41) is 9.53. The molecule has 1 unspecified atom stereocenters. The SMILES string of the molecule is Cc1ccc(S(C)(=O)=O)cc1S(=O)(=O)N1CCN(C(=O)OC(C)(C)C)CC1C#N. The van der Waals surface area contributed by atoms with Crippen LogP contribution in [0.15, 0.2) is 28.0 Å². The molecule has 0 radical (unpaired) electrons. The smallest absolute Gasteiger partial charge is 0.410 e. The third-order valence-electron chi connectivity index (χ3n) is 4.31. The number of aryl methyl sites for hydroxylation is 1. The average molecular weight is 444 g/mol. The molecule has 0 saturated carbocycles. The lowest BCUT2D eigenvalue weighted by Crippen LogP contribution is -2.56. The van der Waals surface area contributed by atoms with E-state index in [9.17, 15) is 26.9 Å². The Kier molecular flexibility index (Phi) is 6.32. The van der Waals surface area contributed by atoms with Crippen molar-refractivity contribution in [2.75, 3.05) is 25.9 Å². The summed E-state index contributed by atoms with van der Waals surface area (Å²) in [6, 6.07) is 4.66. The van der Waals surface area contributed by atoms with E-state index in [0.29, 0.717) is 5.56 Å². The number of sulfone groups is 1. The van der Waals surface area contributed by atoms with Crippen molar-refractivity contribution >= 4 is 26.0 Å². The number of ether oxygens (including phenoxy) is 1. The standard InChI is InChI=1S/C18H25N3O6S2/c1-13-6-7-15(28(5,23)24)10-16(13)29(25,26)21-9-8-20(12-14(21)11-19)17(22)27-18(2,3)4/h6-7,10,14H,8-9,12H2,1-5H3. The maximum absolute atomic E-state index is 13.2. The van der Waals surface area contributed by atoms with Crippen LogP contribution in [0.1, 0.15) is 26.3 Å². The molecule has 1 amide bonds. The highest BCUT2D eigenvalue weighted by atomic mass is 32.2. The van der Waals surface area contributed by atoms with Gasteiger partial charge in [0.05, 0.1) is 22.4 Å². The van der Waals surface area contributed by atoms with Crippen LogP contribution in [0.3, 0.4) is 0 Å². The Labute approximate surface area is 171 Å². The van der Waals surface area contributed by atoms with E-state index in [1.165, 1.54) is 17.0 Å². The monoisotopic (exact) mass is 443 g/mol. The summed E-state index contributed by atoms with van der Waals surface area (Å²) in [6.07, 6.45) is 0.371. The molecule has 11 heteroatoms. The fourth-order valence-corrected chi connectivity index (χ4v) is 5.36. The lowest BCUT2D eigenvalue weighted by molar-refractivity contribution is 0.0162. The molecule has 1 aliphatic rings. The van der Waals surface area contributed by atoms with Crippen LogP contribution in [-0.2, 0) is 24.6 Å². The molecule has 0 aliphatic carbocycles. The first kappa shape index (κ1) is 23.1. The molecule has 1 heterocycles. The molecule has 1 atom stereocenters. The van der Waals surface area contributed by atoms with Crippen LogP contribution in [-0.4, -0.2) is 69.7 Å². The van der Waals surface area contributed by atoms with Crippen LogP contribution in [0.2, 0.25) is 0 Å². The molecule has 1 aliphatic heterocycles. The van der Waals surface area contributed by atoms with Crippen LogP contribution < -0.4 is 0 Å². The van der Waals surface area contributed by atoms with Crippen LogP contribution in [0.25, 0.3) is 0 Å². The van der Waals surface area contributed by atoms with E-state index >= 15 is 0 Å². The van der Waals surface area contributed by atoms with Gasteiger partial charge in [0.15, 0.2) is 9.84 Å². The fourth-order valence-electron chi connectivity index (χ4n) is 2.87. The second-order valence-electron chi connectivity index (χ2n) is 7.89. The molecule has 160 valence electrons. The highest BCUT2D eigenvalue weighted by Crippen LogP contribution is 2.27. The molecule has 9 nitrogen and oxygen atoms in total. The Bertz CT molecular complexity index is 1050. The molecular formula is C18H25N3O6S2. The Hall–Kier alpha value is -2.16. The van der Waals surface area contributed by atoms with Crippen molar-refractivity contribution in [3.8, 4) is 6.07 Å². The van der Waals surface area contributed by atoms with Crippen LogP contribution in [0.5, 0.6) is 0 Å². The lowest BCUT2D eigenvalue weighted by Gasteiger charge is -2.38. The predicted octanol–water partition coefficient (Wildman–Crippen LogP) is 1.53. The van der Waals surface area contributed by atoms with Crippen LogP contribution in [0.4, 0.5) is 4.79 Å². The van der Waals surface area contributed by atoms with E-state index in [1.807, 2.05) is 6.07 Å². The number of hydrogen-bond acceptors (Lipinski definition) is 7. The quantitative estimate of drug-likeness (QED) is 0.693. The number of piperazine rings is 1. The van der Waals surface area contributed by atoms with Gasteiger partial charge in [-0.3, -0.25) is 0 Å². The van der Waals surface area contributed by atoms with E-state index in [1.54, 1.807) is 27.7 Å². The molecule has 1 aromatic rings. The molecule has 0 bridgehead atoms. The normalized spacial score (nSPS) is 18.9. The first-order valence-corrected chi connectivity index (χ1v) is 12.2. The molecule has 1 aromatic carbocycles. The minimum Gasteiger partial charge on any atom is -0.444 e. The van der Waals surface area contributed by atoms with Gasteiger partial charge >= 0.3 is 6.09 Å². The first-order valence-electron chi connectivity index (χ1n) is 8.87. The highest BCUT2D eigenvalue weighted by Gasteiger charge is 2.39. The number of sulfonamides is 1. The van der Waals surface area contributed by atoms with Gasteiger partial charge in [0.2, 0.25) is 10.0 Å². The highest BCUT2D eigenvalue weighted by molar-refractivity contribution is 7.91. The van der Waals surface area contributed by atoms with Crippen LogP contribution >= 0.6 is 0 Å². The Morgan fingerprint density at radius 1 is 1.21 bits per heavy atom. The number of rotatable bonds is 3. The molecule has 0 N–H and O–H groups in total. The molecule has 1 fully saturated rings. The summed E-state index contributed by atoms with van der Waals surface area (Å²) in [5.74, 6) is 0. The van der Waals surface area contributed by atoms with E-state index in [0.717, 1.165) is 16.6 Å². The lowest BCUT2D eigenvalue weighted by atomic mass is 10.2. The Morgan fingerprint density at radius 3 is 2.34 bits per heavy atom. The number of carbonyl (C=O) groups excluding carboxylic acids is 1. The summed E-state index contributed by atoms with van der Waals surface area (Å²) in [7, 11) is -7.76. The van der Waals surface area contributed by atoms with Gasteiger partial charge in [0.25, 0.3) is 0 Å². The Balaban J connectivity index is 2.35. The topological polar surface area (TPSA) is 125 Å². The molecular weight excluding hydrogens is 418 g/mol. The summed E-state index contributed by atoms with van der Waals surface area (Å²) in [4.78, 5) is 13.3. The maximum Gasteiger partial charge on any atom is 0.410 e. The van der Waals surface area contributed by atoms with Crippen molar-refractivity contribution in [2.24, 2.45) is 0 Å². The van der Waals surface area contributed by atoms with Crippen molar-refractivity contribution in [1.82, 2.24) is 9.21 Å². The fraction of sp³-hybridized carbons (Fsp3) is 0.556. The van der Waals surface area contributed by atoms with Crippen LogP contribution in [0, 0.1) is 18.3 Å². The molecule has 0 aromatic heterocycles. The summed E-state index contributed by atoms with van der Waals surface area (Å²) < 4.78 is 56.4. The van der Waals surface area contributed by atoms with Gasteiger partial charge < -0.3 is 9.64 Å². The van der Waals surface area contributed by atoms with Crippen molar-refractivity contribution in [2.45, 2.75) is 49.1 Å². The summed E-state index contributed by atoms with van der Waals surface area (Å²) >= 11 is 0. The zero-order valence-electron chi connectivity index (χ0n) is 17.0. The second kappa shape index (κ2) is 7.93. The number of nitriles is 1. The van der Waals surface area contributed by atoms with E-state index in [2.05, 4.69) is 0 Å². The second-order valence-corrected chi connectivity index (χ2v) is 11.8. The van der Waals surface area contributed by atoms with Gasteiger partial charge in [0.1, 0.15) is 11.6 Å². The maximum atomic E-state index is 13.2. The van der Waals surface area contributed by atoms with E-state index in [-0.39, 0.29) is 29.4 Å². The third kappa shape index (κ3) is 5.26. The number of benzene rings is 1. The Morgan fingerprint density at radius 2 is 1.83 bits per heavy atom. The average Bonchev–Trinajstić information content (AvgIpc) is 2.58. The number of amides is 1. The minimum absolute atomic E-state index is 0.0527. The van der Waals surface area contributed by atoms with Crippen molar-refractivity contribution in [1.29, 1.82) is 5.26 Å². The van der Waals surface area contributed by atoms with Crippen molar-refractivity contribution in [3.05, 3.63) is 23.8 Å². The number of nitrogens with zero attached hydrogens (tertiary/aromatic N) is 3. The first-order chi connectivity index (χ1) is 13.2. The van der Waals surface area contributed by atoms with Gasteiger partial charge in [0, 0.05) is 19.3 Å². The van der Waals surface area contributed by atoms with Gasteiger partial charge in [-0.15, -0.1) is 0 Å². The van der Waals surface area contributed by atoms with Gasteiger partial charge in [-0.05, 0) is 45.4 Å². The molecule has 2 rings (SSSR count). The summed E-state index contributed by atoms with van der Waals surface area (Å²) in [6.45, 7) is 6.49. The van der Waals surface area contributed by atoms with Crippen molar-refractivity contribution in [3.63, 3.8) is 0 Å². The van der Waals surface area contributed by atoms with Gasteiger partial charge in [-0.25, -0.2) is 21.6 Å². The summed E-state index contributed by atoms with van der Waals surface area (Å²) in [5.41, 5.74) is -0.352. The molecule has 0 spiro atoms. The number of carbonyl (C=O) groups is 1. The largest absolute Gasteiger partial charge is 0.444 e. The van der Waals surface area contributed by atoms with Crippen molar-refractivity contribution < 1.29 is 26.4 Å². The zero-order chi connectivity index (χ0) is 22.2. The van der Waals surface area contributed by atoms with E-state index in [4.69, 9.17) is 4.74 Å². The third-order valence-corrected chi connectivity index (χ3v) is 7.47. The molecule has 1 saturated heterocycles. The van der Waals surface area contributed by atoms with Gasteiger partial charge in [-0.1, -0.05) is 6.07 Å². The molecule has 29 heavy (non-hydrogen) atoms.